The van der Waals surface area contributed by atoms with Crippen molar-refractivity contribution in [3.05, 3.63) is 24.3 Å². The zero-order valence-electron chi connectivity index (χ0n) is 8.43. The van der Waals surface area contributed by atoms with E-state index in [2.05, 4.69) is 5.32 Å². The average Bonchev–Trinajstić information content (AvgIpc) is 2.29. The highest BCUT2D eigenvalue weighted by Crippen LogP contribution is 2.17. The number of rotatable bonds is 4. The second-order valence-corrected chi connectivity index (χ2v) is 3.85. The molecule has 15 heavy (non-hydrogen) atoms. The molecule has 0 radical (unpaired) electrons. The van der Waals surface area contributed by atoms with Gasteiger partial charge in [0.05, 0.1) is 0 Å². The molecule has 0 fully saturated rings. The predicted molar refractivity (Wildman–Crippen MR) is 61.9 cm³/mol. The third-order valence-electron chi connectivity index (χ3n) is 1.88. The first-order valence-corrected chi connectivity index (χ1v) is 5.73. The van der Waals surface area contributed by atoms with Crippen molar-refractivity contribution in [2.75, 3.05) is 18.1 Å². The fourth-order valence-corrected chi connectivity index (χ4v) is 1.42. The van der Waals surface area contributed by atoms with Crippen molar-refractivity contribution in [3.8, 4) is 0 Å². The van der Waals surface area contributed by atoms with Crippen molar-refractivity contribution in [1.29, 1.82) is 0 Å². The molecule has 1 aromatic carbocycles. The van der Waals surface area contributed by atoms with Crippen LogP contribution >= 0.6 is 11.8 Å². The van der Waals surface area contributed by atoms with Crippen LogP contribution in [0.4, 0.5) is 5.69 Å². The fraction of sp³-hybridized carbons (Fsp3) is 0.300. The largest absolute Gasteiger partial charge is 0.382 e. The molecule has 0 spiro atoms. The van der Waals surface area contributed by atoms with Gasteiger partial charge in [-0.25, -0.2) is 0 Å². The van der Waals surface area contributed by atoms with Gasteiger partial charge in [0.2, 0.25) is 0 Å². The first-order chi connectivity index (χ1) is 7.17. The van der Waals surface area contributed by atoms with Gasteiger partial charge in [-0.3, -0.25) is 4.79 Å². The number of carbonyl (C=O) groups excluding carboxylic acids is 1. The van der Waals surface area contributed by atoms with Gasteiger partial charge in [-0.05, 0) is 30.5 Å². The lowest BCUT2D eigenvalue weighted by molar-refractivity contribution is -0.123. The van der Waals surface area contributed by atoms with Crippen LogP contribution < -0.4 is 11.1 Å². The minimum absolute atomic E-state index is 0.0747. The smallest absolute Gasteiger partial charge is 0.254 e. The summed E-state index contributed by atoms with van der Waals surface area (Å²) < 4.78 is 0. The Morgan fingerprint density at radius 1 is 1.53 bits per heavy atom. The predicted octanol–water partition coefficient (Wildman–Crippen LogP) is 0.667. The van der Waals surface area contributed by atoms with Crippen LogP contribution in [0, 0.1) is 0 Å². The highest BCUT2D eigenvalue weighted by Gasteiger charge is 2.12. The van der Waals surface area contributed by atoms with Crippen LogP contribution in [0.15, 0.2) is 29.2 Å². The Balaban J connectivity index is 2.61. The number of aliphatic hydroxyl groups excluding tert-OH is 1. The first-order valence-electron chi connectivity index (χ1n) is 4.50. The maximum absolute atomic E-state index is 11.3. The number of anilines is 1. The van der Waals surface area contributed by atoms with Crippen LogP contribution in [-0.4, -0.2) is 29.9 Å². The molecule has 0 aliphatic rings. The molecule has 1 unspecified atom stereocenters. The van der Waals surface area contributed by atoms with Gasteiger partial charge in [-0.1, -0.05) is 0 Å². The quantitative estimate of drug-likeness (QED) is 0.659. The van der Waals surface area contributed by atoms with E-state index >= 15 is 0 Å². The third kappa shape index (κ3) is 3.54. The maximum atomic E-state index is 11.3. The highest BCUT2D eigenvalue weighted by molar-refractivity contribution is 7.98. The van der Waals surface area contributed by atoms with Crippen LogP contribution in [0.25, 0.3) is 0 Å². The number of aliphatic hydroxyl groups is 1. The number of carbonyl (C=O) groups is 1. The molecule has 1 aromatic rings. The zero-order chi connectivity index (χ0) is 11.3. The lowest BCUT2D eigenvalue weighted by Gasteiger charge is -2.09. The van der Waals surface area contributed by atoms with Crippen molar-refractivity contribution < 1.29 is 9.90 Å². The first kappa shape index (κ1) is 12.0. The minimum Gasteiger partial charge on any atom is -0.382 e. The lowest BCUT2D eigenvalue weighted by atomic mass is 10.3. The van der Waals surface area contributed by atoms with Crippen molar-refractivity contribution in [1.82, 2.24) is 0 Å². The molecule has 1 rings (SSSR count). The summed E-state index contributed by atoms with van der Waals surface area (Å²) >= 11 is 1.63. The van der Waals surface area contributed by atoms with Crippen LogP contribution in [-0.2, 0) is 4.79 Å². The van der Waals surface area contributed by atoms with Gasteiger partial charge in [0, 0.05) is 17.1 Å². The summed E-state index contributed by atoms with van der Waals surface area (Å²) in [7, 11) is 0. The Bertz CT molecular complexity index is 327. The van der Waals surface area contributed by atoms with Crippen molar-refractivity contribution >= 4 is 23.4 Å². The Hall–Kier alpha value is -1.04. The van der Waals surface area contributed by atoms with Gasteiger partial charge in [0.15, 0.2) is 0 Å². The number of nitrogens with one attached hydrogen (secondary N) is 1. The van der Waals surface area contributed by atoms with E-state index in [-0.39, 0.29) is 6.54 Å². The Morgan fingerprint density at radius 2 is 2.13 bits per heavy atom. The second kappa shape index (κ2) is 5.75. The van der Waals surface area contributed by atoms with Gasteiger partial charge in [0.25, 0.3) is 5.91 Å². The Morgan fingerprint density at radius 3 is 2.60 bits per heavy atom. The van der Waals surface area contributed by atoms with Gasteiger partial charge in [0.1, 0.15) is 6.10 Å². The summed E-state index contributed by atoms with van der Waals surface area (Å²) in [5, 5.41) is 11.7. The minimum atomic E-state index is -1.15. The number of amides is 1. The van der Waals surface area contributed by atoms with E-state index in [0.29, 0.717) is 5.69 Å². The summed E-state index contributed by atoms with van der Waals surface area (Å²) in [5.74, 6) is -0.477. The number of hydrogen-bond donors (Lipinski definition) is 3. The molecule has 5 heteroatoms. The normalized spacial score (nSPS) is 12.2. The van der Waals surface area contributed by atoms with Crippen molar-refractivity contribution in [3.63, 3.8) is 0 Å². The Labute approximate surface area is 92.9 Å². The summed E-state index contributed by atoms with van der Waals surface area (Å²) in [4.78, 5) is 12.4. The SMILES string of the molecule is CSc1ccc(NC(=O)C(O)CN)cc1. The number of nitrogens with two attached hydrogens (primary N) is 1. The fourth-order valence-electron chi connectivity index (χ4n) is 1.01. The van der Waals surface area contributed by atoms with Crippen LogP contribution in [0.3, 0.4) is 0 Å². The summed E-state index contributed by atoms with van der Waals surface area (Å²) in [6.45, 7) is -0.0747. The standard InChI is InChI=1S/C10H14N2O2S/c1-15-8-4-2-7(3-5-8)12-10(14)9(13)6-11/h2-5,9,13H,6,11H2,1H3,(H,12,14). The Kier molecular flexibility index (Phi) is 4.61. The molecule has 1 atom stereocenters. The second-order valence-electron chi connectivity index (χ2n) is 2.97. The molecular formula is C10H14N2O2S. The number of hydrogen-bond acceptors (Lipinski definition) is 4. The molecule has 4 N–H and O–H groups in total. The molecule has 0 saturated heterocycles. The molecular weight excluding hydrogens is 212 g/mol. The zero-order valence-corrected chi connectivity index (χ0v) is 9.25. The van der Waals surface area contributed by atoms with E-state index < -0.39 is 12.0 Å². The van der Waals surface area contributed by atoms with E-state index in [1.807, 2.05) is 18.4 Å². The molecule has 0 saturated carbocycles. The lowest BCUT2D eigenvalue weighted by Crippen LogP contribution is -2.34. The van der Waals surface area contributed by atoms with E-state index in [1.54, 1.807) is 23.9 Å². The van der Waals surface area contributed by atoms with Crippen LogP contribution in [0.1, 0.15) is 0 Å². The number of benzene rings is 1. The topological polar surface area (TPSA) is 75.3 Å². The van der Waals surface area contributed by atoms with E-state index in [0.717, 1.165) is 4.90 Å². The summed E-state index contributed by atoms with van der Waals surface area (Å²) in [6.07, 6.45) is 0.830. The average molecular weight is 226 g/mol. The van der Waals surface area contributed by atoms with Gasteiger partial charge in [-0.15, -0.1) is 11.8 Å². The molecule has 0 aliphatic heterocycles. The van der Waals surface area contributed by atoms with Gasteiger partial charge in [-0.2, -0.15) is 0 Å². The van der Waals surface area contributed by atoms with E-state index in [9.17, 15) is 4.79 Å². The molecule has 4 nitrogen and oxygen atoms in total. The maximum Gasteiger partial charge on any atom is 0.254 e. The van der Waals surface area contributed by atoms with Gasteiger partial charge < -0.3 is 16.2 Å². The third-order valence-corrected chi connectivity index (χ3v) is 2.63. The van der Waals surface area contributed by atoms with Crippen LogP contribution in [0.2, 0.25) is 0 Å². The molecule has 0 heterocycles. The molecule has 0 aromatic heterocycles. The molecule has 82 valence electrons. The highest BCUT2D eigenvalue weighted by atomic mass is 32.2. The van der Waals surface area contributed by atoms with E-state index in [1.165, 1.54) is 0 Å². The summed E-state index contributed by atoms with van der Waals surface area (Å²) in [5.41, 5.74) is 5.82. The number of thioether (sulfide) groups is 1. The van der Waals surface area contributed by atoms with Gasteiger partial charge >= 0.3 is 0 Å². The monoisotopic (exact) mass is 226 g/mol. The molecule has 0 bridgehead atoms. The molecule has 1 amide bonds. The van der Waals surface area contributed by atoms with Crippen molar-refractivity contribution in [2.24, 2.45) is 5.73 Å². The molecule has 0 aliphatic carbocycles. The van der Waals surface area contributed by atoms with Crippen LogP contribution in [0.5, 0.6) is 0 Å². The van der Waals surface area contributed by atoms with E-state index in [4.69, 9.17) is 10.8 Å². The van der Waals surface area contributed by atoms with Crippen molar-refractivity contribution in [2.45, 2.75) is 11.0 Å². The summed E-state index contributed by atoms with van der Waals surface area (Å²) in [6, 6.07) is 7.37.